The van der Waals surface area contributed by atoms with E-state index in [2.05, 4.69) is 13.8 Å². The van der Waals surface area contributed by atoms with Crippen LogP contribution in [0.3, 0.4) is 0 Å². The Bertz CT molecular complexity index is 451. The Hall–Kier alpha value is -1.78. The van der Waals surface area contributed by atoms with Crippen LogP contribution in [0.15, 0.2) is 18.3 Å². The van der Waals surface area contributed by atoms with Crippen LogP contribution in [0.2, 0.25) is 0 Å². The number of carbonyl (C=O) groups excluding carboxylic acids is 1. The third-order valence-electron chi connectivity index (χ3n) is 3.22. The quantitative estimate of drug-likeness (QED) is 0.857. The molecular weight excluding hydrogens is 244 g/mol. The first-order valence-corrected chi connectivity index (χ1v) is 6.47. The van der Waals surface area contributed by atoms with Crippen LogP contribution in [-0.4, -0.2) is 39.5 Å². The van der Waals surface area contributed by atoms with E-state index in [1.165, 1.54) is 10.6 Å². The SMILES string of the molecule is CC(C)CC(C)N(C)C(=O)Cn1cccc1C(=O)O. The van der Waals surface area contributed by atoms with Gasteiger partial charge in [-0.25, -0.2) is 4.79 Å². The van der Waals surface area contributed by atoms with Gasteiger partial charge in [-0.1, -0.05) is 13.8 Å². The Morgan fingerprint density at radius 3 is 2.53 bits per heavy atom. The fraction of sp³-hybridized carbons (Fsp3) is 0.571. The van der Waals surface area contributed by atoms with Crippen LogP contribution in [0.25, 0.3) is 0 Å². The highest BCUT2D eigenvalue weighted by molar-refractivity contribution is 5.86. The lowest BCUT2D eigenvalue weighted by Crippen LogP contribution is -2.38. The van der Waals surface area contributed by atoms with Crippen LogP contribution < -0.4 is 0 Å². The first-order chi connectivity index (χ1) is 8.82. The van der Waals surface area contributed by atoms with Gasteiger partial charge in [0.25, 0.3) is 0 Å². The molecule has 1 N–H and O–H groups in total. The summed E-state index contributed by atoms with van der Waals surface area (Å²) >= 11 is 0. The van der Waals surface area contributed by atoms with E-state index in [9.17, 15) is 9.59 Å². The molecule has 0 spiro atoms. The number of carbonyl (C=O) groups is 2. The Kier molecular flexibility index (Phi) is 5.15. The number of aromatic nitrogens is 1. The van der Waals surface area contributed by atoms with Gasteiger partial charge in [0.1, 0.15) is 12.2 Å². The number of likely N-dealkylation sites (N-methyl/N-ethyl adjacent to an activating group) is 1. The number of nitrogens with zero attached hydrogens (tertiary/aromatic N) is 2. The van der Waals surface area contributed by atoms with Gasteiger partial charge in [0.05, 0.1) is 0 Å². The molecule has 5 heteroatoms. The van der Waals surface area contributed by atoms with E-state index in [0.717, 1.165) is 6.42 Å². The van der Waals surface area contributed by atoms with E-state index in [1.54, 1.807) is 24.2 Å². The van der Waals surface area contributed by atoms with Crippen LogP contribution in [0.1, 0.15) is 37.7 Å². The second kappa shape index (κ2) is 6.41. The van der Waals surface area contributed by atoms with Gasteiger partial charge < -0.3 is 14.6 Å². The monoisotopic (exact) mass is 266 g/mol. The Morgan fingerprint density at radius 2 is 2.00 bits per heavy atom. The van der Waals surface area contributed by atoms with E-state index in [4.69, 9.17) is 5.11 Å². The van der Waals surface area contributed by atoms with Crippen molar-refractivity contribution < 1.29 is 14.7 Å². The zero-order valence-electron chi connectivity index (χ0n) is 12.0. The standard InChI is InChI=1S/C14H22N2O3/c1-10(2)8-11(3)15(4)13(17)9-16-7-5-6-12(16)14(18)19/h5-7,10-11H,8-9H2,1-4H3,(H,18,19). The van der Waals surface area contributed by atoms with Gasteiger partial charge in [-0.3, -0.25) is 4.79 Å². The summed E-state index contributed by atoms with van der Waals surface area (Å²) in [4.78, 5) is 24.8. The lowest BCUT2D eigenvalue weighted by Gasteiger charge is -2.26. The molecule has 106 valence electrons. The molecule has 19 heavy (non-hydrogen) atoms. The Balaban J connectivity index is 2.68. The topological polar surface area (TPSA) is 62.5 Å². The van der Waals surface area contributed by atoms with Crippen molar-refractivity contribution in [2.75, 3.05) is 7.05 Å². The van der Waals surface area contributed by atoms with Gasteiger partial charge in [0.2, 0.25) is 5.91 Å². The minimum atomic E-state index is -1.02. The molecule has 5 nitrogen and oxygen atoms in total. The molecule has 1 unspecified atom stereocenters. The van der Waals surface area contributed by atoms with Crippen molar-refractivity contribution in [1.29, 1.82) is 0 Å². The average Bonchev–Trinajstić information content (AvgIpc) is 2.75. The van der Waals surface area contributed by atoms with E-state index < -0.39 is 5.97 Å². The molecular formula is C14H22N2O3. The van der Waals surface area contributed by atoms with E-state index in [1.807, 2.05) is 6.92 Å². The van der Waals surface area contributed by atoms with E-state index in [0.29, 0.717) is 5.92 Å². The highest BCUT2D eigenvalue weighted by Gasteiger charge is 2.18. The number of carboxylic acid groups (broad SMARTS) is 1. The number of aromatic carboxylic acids is 1. The van der Waals surface area contributed by atoms with Crippen LogP contribution in [0.5, 0.6) is 0 Å². The molecule has 0 saturated heterocycles. The molecule has 1 rings (SSSR count). The smallest absolute Gasteiger partial charge is 0.352 e. The maximum absolute atomic E-state index is 12.1. The van der Waals surface area contributed by atoms with Crippen LogP contribution in [0, 0.1) is 5.92 Å². The number of carboxylic acids is 1. The molecule has 0 aromatic carbocycles. The third-order valence-corrected chi connectivity index (χ3v) is 3.22. The van der Waals surface area contributed by atoms with Gasteiger partial charge in [-0.2, -0.15) is 0 Å². The summed E-state index contributed by atoms with van der Waals surface area (Å²) in [7, 11) is 1.76. The normalized spacial score (nSPS) is 12.5. The van der Waals surface area contributed by atoms with Gasteiger partial charge in [0, 0.05) is 19.3 Å². The summed E-state index contributed by atoms with van der Waals surface area (Å²) in [6.07, 6.45) is 2.54. The van der Waals surface area contributed by atoms with Crippen LogP contribution >= 0.6 is 0 Å². The summed E-state index contributed by atoms with van der Waals surface area (Å²) in [5.74, 6) is -0.575. The first kappa shape index (κ1) is 15.3. The van der Waals surface area contributed by atoms with E-state index >= 15 is 0 Å². The highest BCUT2D eigenvalue weighted by Crippen LogP contribution is 2.11. The molecule has 0 saturated carbocycles. The summed E-state index contributed by atoms with van der Waals surface area (Å²) in [6, 6.07) is 3.28. The van der Waals surface area contributed by atoms with Gasteiger partial charge >= 0.3 is 5.97 Å². The van der Waals surface area contributed by atoms with Crippen molar-refractivity contribution in [3.05, 3.63) is 24.0 Å². The zero-order chi connectivity index (χ0) is 14.6. The Morgan fingerprint density at radius 1 is 1.37 bits per heavy atom. The number of amides is 1. The maximum Gasteiger partial charge on any atom is 0.352 e. The van der Waals surface area contributed by atoms with Gasteiger partial charge in [0.15, 0.2) is 0 Å². The summed E-state index contributed by atoms with van der Waals surface area (Å²) in [6.45, 7) is 6.30. The number of hydrogen-bond donors (Lipinski definition) is 1. The number of hydrogen-bond acceptors (Lipinski definition) is 2. The number of rotatable bonds is 6. The third kappa shape index (κ3) is 4.12. The molecule has 0 aliphatic heterocycles. The predicted molar refractivity (Wildman–Crippen MR) is 73.1 cm³/mol. The summed E-state index contributed by atoms with van der Waals surface area (Å²) in [5, 5.41) is 8.99. The predicted octanol–water partition coefficient (Wildman–Crippen LogP) is 2.08. The second-order valence-corrected chi connectivity index (χ2v) is 5.31. The van der Waals surface area contributed by atoms with Crippen LogP contribution in [-0.2, 0) is 11.3 Å². The van der Waals surface area contributed by atoms with Crippen molar-refractivity contribution in [3.63, 3.8) is 0 Å². The van der Waals surface area contributed by atoms with E-state index in [-0.39, 0.29) is 24.2 Å². The molecule has 0 aliphatic carbocycles. The highest BCUT2D eigenvalue weighted by atomic mass is 16.4. The summed E-state index contributed by atoms with van der Waals surface area (Å²) in [5.41, 5.74) is 0.137. The molecule has 1 atom stereocenters. The Labute approximate surface area is 113 Å². The molecule has 1 amide bonds. The average molecular weight is 266 g/mol. The lowest BCUT2D eigenvalue weighted by atomic mass is 10.0. The molecule has 0 aliphatic rings. The van der Waals surface area contributed by atoms with Crippen molar-refractivity contribution in [3.8, 4) is 0 Å². The van der Waals surface area contributed by atoms with Crippen molar-refractivity contribution in [2.24, 2.45) is 5.92 Å². The first-order valence-electron chi connectivity index (χ1n) is 6.47. The molecule has 0 radical (unpaired) electrons. The largest absolute Gasteiger partial charge is 0.477 e. The van der Waals surface area contributed by atoms with Gasteiger partial charge in [-0.05, 0) is 31.4 Å². The van der Waals surface area contributed by atoms with Crippen molar-refractivity contribution in [2.45, 2.75) is 39.8 Å². The summed E-state index contributed by atoms with van der Waals surface area (Å²) < 4.78 is 1.46. The molecule has 1 heterocycles. The fourth-order valence-corrected chi connectivity index (χ4v) is 2.09. The minimum absolute atomic E-state index is 0.0631. The molecule has 0 bridgehead atoms. The van der Waals surface area contributed by atoms with Gasteiger partial charge in [-0.15, -0.1) is 0 Å². The fourth-order valence-electron chi connectivity index (χ4n) is 2.09. The molecule has 0 fully saturated rings. The second-order valence-electron chi connectivity index (χ2n) is 5.31. The maximum atomic E-state index is 12.1. The van der Waals surface area contributed by atoms with Crippen LogP contribution in [0.4, 0.5) is 0 Å². The minimum Gasteiger partial charge on any atom is -0.477 e. The zero-order valence-corrected chi connectivity index (χ0v) is 12.0. The van der Waals surface area contributed by atoms with Crippen molar-refractivity contribution in [1.82, 2.24) is 9.47 Å². The molecule has 1 aromatic rings. The van der Waals surface area contributed by atoms with Crippen molar-refractivity contribution >= 4 is 11.9 Å². The molecule has 1 aromatic heterocycles. The lowest BCUT2D eigenvalue weighted by molar-refractivity contribution is -0.132.